The van der Waals surface area contributed by atoms with Crippen molar-refractivity contribution in [1.82, 2.24) is 9.78 Å². The fraction of sp³-hybridized carbons (Fsp3) is 0.769. The van der Waals surface area contributed by atoms with E-state index in [1.165, 1.54) is 0 Å². The molecule has 1 aromatic heterocycles. The molecular formula is C13H24N4O. The largest absolute Gasteiger partial charge is 0.396 e. The van der Waals surface area contributed by atoms with E-state index in [0.717, 1.165) is 43.1 Å². The number of nitrogen functional groups attached to an aromatic ring is 1. The van der Waals surface area contributed by atoms with Crippen molar-refractivity contribution in [2.45, 2.75) is 39.7 Å². The fourth-order valence-corrected chi connectivity index (χ4v) is 2.67. The van der Waals surface area contributed by atoms with Crippen LogP contribution in [-0.2, 0) is 0 Å². The van der Waals surface area contributed by atoms with Gasteiger partial charge in [-0.15, -0.1) is 0 Å². The Bertz CT molecular complexity index is 413. The first-order valence-corrected chi connectivity index (χ1v) is 6.75. The SMILES string of the molecule is Cc1nn(C(C)C)c(N2CCC(CCO)C2)c1N. The maximum Gasteiger partial charge on any atom is 0.150 e. The highest BCUT2D eigenvalue weighted by atomic mass is 16.3. The molecule has 1 atom stereocenters. The van der Waals surface area contributed by atoms with Gasteiger partial charge in [-0.05, 0) is 39.5 Å². The zero-order valence-electron chi connectivity index (χ0n) is 11.6. The number of aliphatic hydroxyl groups is 1. The number of aromatic nitrogens is 2. The van der Waals surface area contributed by atoms with Gasteiger partial charge in [0.2, 0.25) is 0 Å². The summed E-state index contributed by atoms with van der Waals surface area (Å²) in [5.74, 6) is 1.63. The van der Waals surface area contributed by atoms with Gasteiger partial charge in [-0.3, -0.25) is 0 Å². The summed E-state index contributed by atoms with van der Waals surface area (Å²) in [7, 11) is 0. The Kier molecular flexibility index (Phi) is 3.80. The molecule has 0 aromatic carbocycles. The topological polar surface area (TPSA) is 67.3 Å². The lowest BCUT2D eigenvalue weighted by molar-refractivity contribution is 0.263. The molecule has 1 fully saturated rings. The number of hydrogen-bond acceptors (Lipinski definition) is 4. The highest BCUT2D eigenvalue weighted by molar-refractivity contribution is 5.66. The molecule has 18 heavy (non-hydrogen) atoms. The van der Waals surface area contributed by atoms with Crippen LogP contribution in [0.1, 0.15) is 38.4 Å². The maximum atomic E-state index is 9.02. The maximum absolute atomic E-state index is 9.02. The number of anilines is 2. The molecule has 5 heteroatoms. The minimum absolute atomic E-state index is 0.274. The quantitative estimate of drug-likeness (QED) is 0.853. The average molecular weight is 252 g/mol. The normalized spacial score (nSPS) is 20.1. The summed E-state index contributed by atoms with van der Waals surface area (Å²) in [6.45, 7) is 8.46. The molecule has 0 radical (unpaired) electrons. The molecule has 2 rings (SSSR count). The van der Waals surface area contributed by atoms with Crippen molar-refractivity contribution in [1.29, 1.82) is 0 Å². The van der Waals surface area contributed by atoms with Gasteiger partial charge in [0, 0.05) is 25.7 Å². The van der Waals surface area contributed by atoms with Gasteiger partial charge in [0.15, 0.2) is 5.82 Å². The first-order valence-electron chi connectivity index (χ1n) is 6.75. The lowest BCUT2D eigenvalue weighted by Gasteiger charge is -2.22. The third-order valence-corrected chi connectivity index (χ3v) is 3.72. The van der Waals surface area contributed by atoms with Crippen LogP contribution in [0.2, 0.25) is 0 Å². The predicted octanol–water partition coefficient (Wildman–Crippen LogP) is 1.56. The first kappa shape index (κ1) is 13.2. The number of aryl methyl sites for hydroxylation is 1. The molecule has 0 amide bonds. The molecule has 0 aliphatic carbocycles. The summed E-state index contributed by atoms with van der Waals surface area (Å²) in [6.07, 6.45) is 2.01. The van der Waals surface area contributed by atoms with E-state index in [-0.39, 0.29) is 6.61 Å². The smallest absolute Gasteiger partial charge is 0.150 e. The van der Waals surface area contributed by atoms with E-state index in [2.05, 4.69) is 23.8 Å². The van der Waals surface area contributed by atoms with E-state index in [1.54, 1.807) is 0 Å². The standard InChI is InChI=1S/C13H24N4O/c1-9(2)17-13(12(14)10(3)15-17)16-6-4-11(8-16)5-7-18/h9,11,18H,4-8,14H2,1-3H3. The zero-order valence-corrected chi connectivity index (χ0v) is 11.6. The first-order chi connectivity index (χ1) is 8.54. The molecule has 0 bridgehead atoms. The second kappa shape index (κ2) is 5.18. The Morgan fingerprint density at radius 1 is 1.50 bits per heavy atom. The molecule has 102 valence electrons. The minimum atomic E-state index is 0.274. The summed E-state index contributed by atoms with van der Waals surface area (Å²) in [4.78, 5) is 2.32. The van der Waals surface area contributed by atoms with Crippen molar-refractivity contribution in [2.24, 2.45) is 5.92 Å². The third-order valence-electron chi connectivity index (χ3n) is 3.72. The van der Waals surface area contributed by atoms with Gasteiger partial charge in [-0.25, -0.2) is 4.68 Å². The van der Waals surface area contributed by atoms with E-state index < -0.39 is 0 Å². The summed E-state index contributed by atoms with van der Waals surface area (Å²) in [5.41, 5.74) is 7.87. The lowest BCUT2D eigenvalue weighted by Crippen LogP contribution is -2.25. The van der Waals surface area contributed by atoms with Crippen LogP contribution < -0.4 is 10.6 Å². The van der Waals surface area contributed by atoms with Crippen molar-refractivity contribution in [2.75, 3.05) is 30.3 Å². The molecule has 1 aromatic rings. The average Bonchev–Trinajstić information content (AvgIpc) is 2.86. The summed E-state index contributed by atoms with van der Waals surface area (Å²) in [5, 5.41) is 13.6. The Morgan fingerprint density at radius 3 is 2.83 bits per heavy atom. The number of hydrogen-bond donors (Lipinski definition) is 2. The van der Waals surface area contributed by atoms with E-state index in [0.29, 0.717) is 12.0 Å². The number of rotatable bonds is 4. The van der Waals surface area contributed by atoms with Crippen LogP contribution in [0.5, 0.6) is 0 Å². The number of aliphatic hydroxyl groups excluding tert-OH is 1. The summed E-state index contributed by atoms with van der Waals surface area (Å²) >= 11 is 0. The van der Waals surface area contributed by atoms with Crippen LogP contribution in [0.3, 0.4) is 0 Å². The Balaban J connectivity index is 2.23. The molecule has 0 saturated carbocycles. The van der Waals surface area contributed by atoms with Crippen molar-refractivity contribution in [3.63, 3.8) is 0 Å². The van der Waals surface area contributed by atoms with E-state index in [1.807, 2.05) is 11.6 Å². The van der Waals surface area contributed by atoms with E-state index in [9.17, 15) is 0 Å². The molecule has 3 N–H and O–H groups in total. The predicted molar refractivity (Wildman–Crippen MR) is 73.8 cm³/mol. The van der Waals surface area contributed by atoms with E-state index in [4.69, 9.17) is 10.8 Å². The van der Waals surface area contributed by atoms with E-state index >= 15 is 0 Å². The molecule has 2 heterocycles. The Hall–Kier alpha value is -1.23. The van der Waals surface area contributed by atoms with Crippen LogP contribution in [0.25, 0.3) is 0 Å². The second-order valence-electron chi connectivity index (χ2n) is 5.47. The third kappa shape index (κ3) is 2.32. The molecule has 5 nitrogen and oxygen atoms in total. The van der Waals surface area contributed by atoms with Crippen LogP contribution in [-0.4, -0.2) is 34.6 Å². The van der Waals surface area contributed by atoms with Gasteiger partial charge in [0.05, 0.1) is 11.4 Å². The lowest BCUT2D eigenvalue weighted by atomic mass is 10.1. The van der Waals surface area contributed by atoms with Crippen molar-refractivity contribution >= 4 is 11.5 Å². The number of nitrogens with zero attached hydrogens (tertiary/aromatic N) is 3. The Morgan fingerprint density at radius 2 is 2.22 bits per heavy atom. The van der Waals surface area contributed by atoms with Crippen LogP contribution in [0.4, 0.5) is 11.5 Å². The van der Waals surface area contributed by atoms with Gasteiger partial charge in [0.1, 0.15) is 0 Å². The zero-order chi connectivity index (χ0) is 13.3. The van der Waals surface area contributed by atoms with Crippen LogP contribution >= 0.6 is 0 Å². The second-order valence-corrected chi connectivity index (χ2v) is 5.47. The van der Waals surface area contributed by atoms with Gasteiger partial charge in [-0.2, -0.15) is 5.10 Å². The van der Waals surface area contributed by atoms with Crippen LogP contribution in [0.15, 0.2) is 0 Å². The molecule has 1 aliphatic rings. The Labute approximate surface area is 109 Å². The summed E-state index contributed by atoms with van der Waals surface area (Å²) < 4.78 is 2.02. The highest BCUT2D eigenvalue weighted by Crippen LogP contribution is 2.33. The van der Waals surface area contributed by atoms with Gasteiger partial charge in [0.25, 0.3) is 0 Å². The minimum Gasteiger partial charge on any atom is -0.396 e. The van der Waals surface area contributed by atoms with Gasteiger partial charge >= 0.3 is 0 Å². The van der Waals surface area contributed by atoms with Crippen molar-refractivity contribution in [3.05, 3.63) is 5.69 Å². The van der Waals surface area contributed by atoms with Crippen molar-refractivity contribution < 1.29 is 5.11 Å². The van der Waals surface area contributed by atoms with Gasteiger partial charge in [-0.1, -0.05) is 0 Å². The molecule has 0 spiro atoms. The number of nitrogens with two attached hydrogens (primary N) is 1. The monoisotopic (exact) mass is 252 g/mol. The molecule has 1 aliphatic heterocycles. The van der Waals surface area contributed by atoms with Crippen LogP contribution in [0, 0.1) is 12.8 Å². The highest BCUT2D eigenvalue weighted by Gasteiger charge is 2.27. The molecule has 1 unspecified atom stereocenters. The fourth-order valence-electron chi connectivity index (χ4n) is 2.67. The van der Waals surface area contributed by atoms with Crippen molar-refractivity contribution in [3.8, 4) is 0 Å². The molecule has 1 saturated heterocycles. The summed E-state index contributed by atoms with van der Waals surface area (Å²) in [6, 6.07) is 0.313. The van der Waals surface area contributed by atoms with Gasteiger partial charge < -0.3 is 15.7 Å². The molecular weight excluding hydrogens is 228 g/mol.